The lowest BCUT2D eigenvalue weighted by Crippen LogP contribution is -2.10. The zero-order valence-corrected chi connectivity index (χ0v) is 14.8. The van der Waals surface area contributed by atoms with Crippen LogP contribution in [-0.2, 0) is 14.8 Å². The van der Waals surface area contributed by atoms with Crippen LogP contribution in [0.3, 0.4) is 0 Å². The van der Waals surface area contributed by atoms with Gasteiger partial charge in [0.05, 0.1) is 10.0 Å². The van der Waals surface area contributed by atoms with E-state index in [1.54, 1.807) is 30.3 Å². The molecular formula is C14H13BrN2O3S2. The lowest BCUT2D eigenvalue weighted by Gasteiger charge is -2.05. The third kappa shape index (κ3) is 5.63. The fraction of sp³-hybridized carbons (Fsp3) is 0.0714. The number of hydrogen-bond donors (Lipinski definition) is 2. The van der Waals surface area contributed by atoms with E-state index in [-0.39, 0.29) is 5.91 Å². The number of carbonyl (C=O) groups is 1. The van der Waals surface area contributed by atoms with Crippen molar-refractivity contribution in [2.45, 2.75) is 0 Å². The van der Waals surface area contributed by atoms with Crippen molar-refractivity contribution in [1.82, 2.24) is 0 Å². The van der Waals surface area contributed by atoms with Crippen molar-refractivity contribution in [2.75, 3.05) is 16.3 Å². The van der Waals surface area contributed by atoms with Gasteiger partial charge in [0.2, 0.25) is 15.9 Å². The van der Waals surface area contributed by atoms with Gasteiger partial charge >= 0.3 is 0 Å². The van der Waals surface area contributed by atoms with Gasteiger partial charge < -0.3 is 5.32 Å². The highest BCUT2D eigenvalue weighted by molar-refractivity contribution is 9.11. The SMILES string of the molecule is CS(=O)(=O)Nc1ccc(NC(=O)/C=C/c2ccc(Br)s2)cc1. The van der Waals surface area contributed by atoms with Crippen molar-refractivity contribution < 1.29 is 13.2 Å². The Bertz CT molecular complexity index is 796. The molecule has 1 heterocycles. The Morgan fingerprint density at radius 1 is 1.14 bits per heavy atom. The van der Waals surface area contributed by atoms with E-state index in [9.17, 15) is 13.2 Å². The van der Waals surface area contributed by atoms with E-state index in [0.717, 1.165) is 14.9 Å². The first-order valence-corrected chi connectivity index (χ1v) is 9.64. The van der Waals surface area contributed by atoms with E-state index in [0.29, 0.717) is 11.4 Å². The van der Waals surface area contributed by atoms with Crippen LogP contribution in [0, 0.1) is 0 Å². The molecule has 0 radical (unpaired) electrons. The average Bonchev–Trinajstić information content (AvgIpc) is 2.83. The minimum atomic E-state index is -3.30. The predicted molar refractivity (Wildman–Crippen MR) is 94.6 cm³/mol. The van der Waals surface area contributed by atoms with Crippen molar-refractivity contribution in [3.63, 3.8) is 0 Å². The molecule has 0 aliphatic rings. The van der Waals surface area contributed by atoms with Gasteiger partial charge in [-0.3, -0.25) is 9.52 Å². The number of rotatable bonds is 5. The van der Waals surface area contributed by atoms with Gasteiger partial charge in [-0.15, -0.1) is 11.3 Å². The Labute approximate surface area is 141 Å². The molecule has 0 fully saturated rings. The molecule has 0 saturated heterocycles. The van der Waals surface area contributed by atoms with Gasteiger partial charge in [-0.1, -0.05) is 0 Å². The third-order valence-corrected chi connectivity index (χ3v) is 4.64. The summed E-state index contributed by atoms with van der Waals surface area (Å²) in [4.78, 5) is 12.8. The number of carbonyl (C=O) groups excluding carboxylic acids is 1. The molecule has 0 aliphatic heterocycles. The van der Waals surface area contributed by atoms with Crippen LogP contribution in [0.25, 0.3) is 6.08 Å². The minimum absolute atomic E-state index is 0.256. The highest BCUT2D eigenvalue weighted by Crippen LogP contribution is 2.23. The van der Waals surface area contributed by atoms with E-state index >= 15 is 0 Å². The quantitative estimate of drug-likeness (QED) is 0.753. The second kappa shape index (κ2) is 7.08. The van der Waals surface area contributed by atoms with Crippen LogP contribution in [-0.4, -0.2) is 20.6 Å². The Hall–Kier alpha value is -1.64. The lowest BCUT2D eigenvalue weighted by atomic mass is 10.3. The maximum absolute atomic E-state index is 11.8. The number of amides is 1. The fourth-order valence-corrected chi connectivity index (χ4v) is 3.49. The number of hydrogen-bond acceptors (Lipinski definition) is 4. The Kier molecular flexibility index (Phi) is 5.38. The summed E-state index contributed by atoms with van der Waals surface area (Å²) in [6, 6.07) is 10.2. The molecule has 2 rings (SSSR count). The predicted octanol–water partition coefficient (Wildman–Crippen LogP) is 3.53. The summed E-state index contributed by atoms with van der Waals surface area (Å²) in [6.07, 6.45) is 4.25. The number of sulfonamides is 1. The normalized spacial score (nSPS) is 11.5. The molecule has 1 aromatic carbocycles. The summed E-state index contributed by atoms with van der Waals surface area (Å²) in [7, 11) is -3.30. The Balaban J connectivity index is 1.95. The monoisotopic (exact) mass is 400 g/mol. The zero-order chi connectivity index (χ0) is 16.2. The van der Waals surface area contributed by atoms with Gasteiger partial charge in [0, 0.05) is 22.3 Å². The van der Waals surface area contributed by atoms with Crippen molar-refractivity contribution in [2.24, 2.45) is 0 Å². The van der Waals surface area contributed by atoms with E-state index in [2.05, 4.69) is 26.0 Å². The molecule has 2 N–H and O–H groups in total. The molecule has 0 bridgehead atoms. The Morgan fingerprint density at radius 3 is 2.32 bits per heavy atom. The smallest absolute Gasteiger partial charge is 0.248 e. The first-order valence-electron chi connectivity index (χ1n) is 6.14. The average molecular weight is 401 g/mol. The van der Waals surface area contributed by atoms with Gasteiger partial charge in [-0.2, -0.15) is 0 Å². The molecule has 0 saturated carbocycles. The first kappa shape index (κ1) is 16.7. The van der Waals surface area contributed by atoms with Gasteiger partial charge in [-0.25, -0.2) is 8.42 Å². The van der Waals surface area contributed by atoms with Gasteiger partial charge in [0.25, 0.3) is 0 Å². The largest absolute Gasteiger partial charge is 0.323 e. The van der Waals surface area contributed by atoms with E-state index in [4.69, 9.17) is 0 Å². The second-order valence-corrected chi connectivity index (χ2v) is 8.66. The molecule has 0 spiro atoms. The first-order chi connectivity index (χ1) is 10.3. The molecule has 1 aromatic heterocycles. The van der Waals surface area contributed by atoms with Crippen LogP contribution >= 0.6 is 27.3 Å². The number of nitrogens with one attached hydrogen (secondary N) is 2. The van der Waals surface area contributed by atoms with Crippen molar-refractivity contribution >= 4 is 60.6 Å². The zero-order valence-electron chi connectivity index (χ0n) is 11.5. The van der Waals surface area contributed by atoms with Gasteiger partial charge in [0.1, 0.15) is 0 Å². The van der Waals surface area contributed by atoms with Crippen LogP contribution in [0.1, 0.15) is 4.88 Å². The van der Waals surface area contributed by atoms with Crippen molar-refractivity contribution in [3.05, 3.63) is 51.1 Å². The molecule has 1 amide bonds. The summed E-state index contributed by atoms with van der Waals surface area (Å²) in [5.41, 5.74) is 1.03. The highest BCUT2D eigenvalue weighted by Gasteiger charge is 2.03. The molecule has 5 nitrogen and oxygen atoms in total. The lowest BCUT2D eigenvalue weighted by molar-refractivity contribution is -0.111. The van der Waals surface area contributed by atoms with Crippen LogP contribution in [0.15, 0.2) is 46.3 Å². The molecule has 8 heteroatoms. The maximum Gasteiger partial charge on any atom is 0.248 e. The van der Waals surface area contributed by atoms with Crippen molar-refractivity contribution in [1.29, 1.82) is 0 Å². The minimum Gasteiger partial charge on any atom is -0.323 e. The standard InChI is InChI=1S/C14H13BrN2O3S2/c1-22(19,20)17-11-4-2-10(3-5-11)16-14(18)9-7-12-6-8-13(15)21-12/h2-9,17H,1H3,(H,16,18)/b9-7+. The van der Waals surface area contributed by atoms with Crippen LogP contribution < -0.4 is 10.0 Å². The third-order valence-electron chi connectivity index (χ3n) is 2.45. The maximum atomic E-state index is 11.8. The van der Waals surface area contributed by atoms with E-state index in [1.165, 1.54) is 17.4 Å². The number of anilines is 2. The summed E-state index contributed by atoms with van der Waals surface area (Å²) < 4.78 is 25.5. The second-order valence-electron chi connectivity index (χ2n) is 4.42. The number of halogens is 1. The highest BCUT2D eigenvalue weighted by atomic mass is 79.9. The van der Waals surface area contributed by atoms with Crippen molar-refractivity contribution in [3.8, 4) is 0 Å². The molecular weight excluding hydrogens is 388 g/mol. The topological polar surface area (TPSA) is 75.3 Å². The summed E-state index contributed by atoms with van der Waals surface area (Å²) in [6.45, 7) is 0. The van der Waals surface area contributed by atoms with Gasteiger partial charge in [0.15, 0.2) is 0 Å². The molecule has 116 valence electrons. The summed E-state index contributed by atoms with van der Waals surface area (Å²) in [5, 5.41) is 2.70. The number of thiophene rings is 1. The summed E-state index contributed by atoms with van der Waals surface area (Å²) in [5.74, 6) is -0.256. The van der Waals surface area contributed by atoms with Crippen LogP contribution in [0.5, 0.6) is 0 Å². The van der Waals surface area contributed by atoms with E-state index < -0.39 is 10.0 Å². The number of benzene rings is 1. The van der Waals surface area contributed by atoms with E-state index in [1.807, 2.05) is 12.1 Å². The molecule has 2 aromatic rings. The van der Waals surface area contributed by atoms with Crippen LogP contribution in [0.4, 0.5) is 11.4 Å². The molecule has 0 aliphatic carbocycles. The fourth-order valence-electron chi connectivity index (χ4n) is 1.60. The molecule has 22 heavy (non-hydrogen) atoms. The molecule has 0 atom stereocenters. The van der Waals surface area contributed by atoms with Crippen LogP contribution in [0.2, 0.25) is 0 Å². The summed E-state index contributed by atoms with van der Waals surface area (Å²) >= 11 is 4.88. The molecule has 0 unspecified atom stereocenters. The van der Waals surface area contributed by atoms with Gasteiger partial charge in [-0.05, 0) is 58.4 Å². The Morgan fingerprint density at radius 2 is 1.77 bits per heavy atom.